The van der Waals surface area contributed by atoms with E-state index in [2.05, 4.69) is 10.1 Å². The Morgan fingerprint density at radius 3 is 3.00 bits per heavy atom. The zero-order valence-corrected chi connectivity index (χ0v) is 7.45. The number of alkyl halides is 2. The van der Waals surface area contributed by atoms with Crippen LogP contribution in [0.15, 0.2) is 0 Å². The lowest BCUT2D eigenvalue weighted by atomic mass is 10.2. The third kappa shape index (κ3) is 3.43. The molecular weight excluding hydrogens is 198 g/mol. The van der Waals surface area contributed by atoms with Crippen molar-refractivity contribution in [3.63, 3.8) is 0 Å². The summed E-state index contributed by atoms with van der Waals surface area (Å²) >= 11 is 0. The van der Waals surface area contributed by atoms with Gasteiger partial charge < -0.3 is 20.1 Å². The molecule has 1 fully saturated rings. The van der Waals surface area contributed by atoms with Crippen LogP contribution in [0.1, 0.15) is 0 Å². The van der Waals surface area contributed by atoms with Crippen molar-refractivity contribution in [1.29, 1.82) is 0 Å². The first-order valence-electron chi connectivity index (χ1n) is 4.20. The van der Waals surface area contributed by atoms with Crippen molar-refractivity contribution in [3.05, 3.63) is 0 Å². The van der Waals surface area contributed by atoms with Crippen LogP contribution in [0.2, 0.25) is 0 Å². The summed E-state index contributed by atoms with van der Waals surface area (Å²) in [6.07, 6.45) is -1.03. The van der Waals surface area contributed by atoms with E-state index < -0.39 is 12.7 Å². The summed E-state index contributed by atoms with van der Waals surface area (Å²) in [5, 5.41) is 11.5. The predicted molar refractivity (Wildman–Crippen MR) is 43.3 cm³/mol. The molecule has 1 rings (SSSR count). The molecule has 0 aliphatic carbocycles. The molecule has 0 aromatic rings. The van der Waals surface area contributed by atoms with E-state index in [1.54, 1.807) is 0 Å². The number of nitrogens with zero attached hydrogens (tertiary/aromatic N) is 1. The molecule has 14 heavy (non-hydrogen) atoms. The number of ether oxygens (including phenoxy) is 1. The third-order valence-electron chi connectivity index (χ3n) is 1.95. The van der Waals surface area contributed by atoms with E-state index in [1.165, 1.54) is 4.90 Å². The second kappa shape index (κ2) is 5.06. The van der Waals surface area contributed by atoms with E-state index in [-0.39, 0.29) is 19.2 Å². The molecule has 7 heteroatoms. The fraction of sp³-hybridized carbons (Fsp3) is 0.857. The Balaban J connectivity index is 2.29. The molecule has 0 aromatic heterocycles. The van der Waals surface area contributed by atoms with Crippen molar-refractivity contribution in [2.45, 2.75) is 12.7 Å². The van der Waals surface area contributed by atoms with Gasteiger partial charge in [-0.15, -0.1) is 0 Å². The Labute approximate surface area is 79.6 Å². The largest absolute Gasteiger partial charge is 0.465 e. The Morgan fingerprint density at radius 1 is 1.71 bits per heavy atom. The topological polar surface area (TPSA) is 61.8 Å². The van der Waals surface area contributed by atoms with Crippen LogP contribution < -0.4 is 5.32 Å². The molecule has 2 N–H and O–H groups in total. The number of rotatable bonds is 3. The molecule has 82 valence electrons. The number of amides is 1. The van der Waals surface area contributed by atoms with Crippen molar-refractivity contribution in [3.8, 4) is 0 Å². The molecule has 1 atom stereocenters. The zero-order valence-electron chi connectivity index (χ0n) is 7.45. The van der Waals surface area contributed by atoms with E-state index in [9.17, 15) is 13.6 Å². The molecule has 0 saturated carbocycles. The molecule has 0 unspecified atom stereocenters. The summed E-state index contributed by atoms with van der Waals surface area (Å²) < 4.78 is 27.4. The third-order valence-corrected chi connectivity index (χ3v) is 1.95. The van der Waals surface area contributed by atoms with Gasteiger partial charge in [-0.1, -0.05) is 0 Å². The van der Waals surface area contributed by atoms with Crippen LogP contribution in [-0.2, 0) is 4.74 Å². The normalized spacial score (nSPS) is 22.8. The smallest absolute Gasteiger partial charge is 0.407 e. The Bertz CT molecular complexity index is 203. The van der Waals surface area contributed by atoms with E-state index >= 15 is 0 Å². The fourth-order valence-corrected chi connectivity index (χ4v) is 1.30. The summed E-state index contributed by atoms with van der Waals surface area (Å²) in [5.41, 5.74) is 0. The van der Waals surface area contributed by atoms with Gasteiger partial charge in [0.1, 0.15) is 0 Å². The van der Waals surface area contributed by atoms with Gasteiger partial charge in [0.2, 0.25) is 0 Å². The van der Waals surface area contributed by atoms with Gasteiger partial charge in [0.15, 0.2) is 0 Å². The average Bonchev–Trinajstić information content (AvgIpc) is 2.15. The van der Waals surface area contributed by atoms with Crippen LogP contribution in [0.4, 0.5) is 13.6 Å². The number of carbonyl (C=O) groups is 1. The molecule has 1 saturated heterocycles. The van der Waals surface area contributed by atoms with Crippen LogP contribution >= 0.6 is 0 Å². The molecule has 0 radical (unpaired) electrons. The van der Waals surface area contributed by atoms with Crippen molar-refractivity contribution in [2.75, 3.05) is 26.2 Å². The van der Waals surface area contributed by atoms with Gasteiger partial charge in [0, 0.05) is 25.7 Å². The Hall–Kier alpha value is -0.950. The van der Waals surface area contributed by atoms with Crippen LogP contribution in [0.3, 0.4) is 0 Å². The van der Waals surface area contributed by atoms with E-state index in [1.807, 2.05) is 0 Å². The quantitative estimate of drug-likeness (QED) is 0.697. The molecule has 1 aliphatic rings. The van der Waals surface area contributed by atoms with Crippen molar-refractivity contribution in [1.82, 2.24) is 10.2 Å². The minimum atomic E-state index is -2.81. The highest BCUT2D eigenvalue weighted by Gasteiger charge is 2.23. The summed E-state index contributed by atoms with van der Waals surface area (Å²) in [5.74, 6) is 0. The lowest BCUT2D eigenvalue weighted by molar-refractivity contribution is -0.135. The minimum absolute atomic E-state index is 0.179. The van der Waals surface area contributed by atoms with Gasteiger partial charge in [0.05, 0.1) is 6.61 Å². The SMILES string of the molecule is O=C(O)N1CCN[C@H](COC(F)F)C1. The second-order valence-electron chi connectivity index (χ2n) is 2.97. The number of hydrogen-bond acceptors (Lipinski definition) is 3. The molecular formula is C7H12F2N2O3. The molecule has 1 aliphatic heterocycles. The summed E-state index contributed by atoms with van der Waals surface area (Å²) in [6, 6.07) is -0.353. The highest BCUT2D eigenvalue weighted by Crippen LogP contribution is 2.02. The van der Waals surface area contributed by atoms with E-state index in [0.717, 1.165) is 0 Å². The number of hydrogen-bond donors (Lipinski definition) is 2. The first-order valence-corrected chi connectivity index (χ1v) is 4.20. The molecule has 0 spiro atoms. The van der Waals surface area contributed by atoms with Crippen molar-refractivity contribution >= 4 is 6.09 Å². The first-order chi connectivity index (χ1) is 6.59. The zero-order chi connectivity index (χ0) is 10.6. The van der Waals surface area contributed by atoms with Crippen LogP contribution in [-0.4, -0.2) is 55.0 Å². The Kier molecular flexibility index (Phi) is 4.02. The lowest BCUT2D eigenvalue weighted by Crippen LogP contribution is -2.54. The number of carboxylic acid groups (broad SMARTS) is 1. The maximum Gasteiger partial charge on any atom is 0.407 e. The highest BCUT2D eigenvalue weighted by molar-refractivity contribution is 5.65. The van der Waals surface area contributed by atoms with Gasteiger partial charge in [-0.25, -0.2) is 4.79 Å². The minimum Gasteiger partial charge on any atom is -0.465 e. The first kappa shape index (κ1) is 11.1. The molecule has 5 nitrogen and oxygen atoms in total. The van der Waals surface area contributed by atoms with Crippen LogP contribution in [0.25, 0.3) is 0 Å². The van der Waals surface area contributed by atoms with Gasteiger partial charge in [-0.05, 0) is 0 Å². The van der Waals surface area contributed by atoms with Crippen molar-refractivity contribution < 1.29 is 23.4 Å². The van der Waals surface area contributed by atoms with E-state index in [0.29, 0.717) is 13.1 Å². The number of halogens is 2. The van der Waals surface area contributed by atoms with Gasteiger partial charge in [0.25, 0.3) is 0 Å². The fourth-order valence-electron chi connectivity index (χ4n) is 1.30. The van der Waals surface area contributed by atoms with E-state index in [4.69, 9.17) is 5.11 Å². The summed E-state index contributed by atoms with van der Waals surface area (Å²) in [6.45, 7) is -1.97. The summed E-state index contributed by atoms with van der Waals surface area (Å²) in [4.78, 5) is 11.7. The predicted octanol–water partition coefficient (Wildman–Crippen LogP) is 0.177. The number of nitrogens with one attached hydrogen (secondary N) is 1. The monoisotopic (exact) mass is 210 g/mol. The second-order valence-corrected chi connectivity index (χ2v) is 2.97. The van der Waals surface area contributed by atoms with Crippen molar-refractivity contribution in [2.24, 2.45) is 0 Å². The van der Waals surface area contributed by atoms with Gasteiger partial charge >= 0.3 is 12.7 Å². The molecule has 0 bridgehead atoms. The molecule has 1 heterocycles. The van der Waals surface area contributed by atoms with Crippen LogP contribution in [0.5, 0.6) is 0 Å². The summed E-state index contributed by atoms with van der Waals surface area (Å²) in [7, 11) is 0. The number of piperazine rings is 1. The lowest BCUT2D eigenvalue weighted by Gasteiger charge is -2.31. The maximum atomic E-state index is 11.7. The van der Waals surface area contributed by atoms with Gasteiger partial charge in [-0.3, -0.25) is 0 Å². The highest BCUT2D eigenvalue weighted by atomic mass is 19.3. The Morgan fingerprint density at radius 2 is 2.43 bits per heavy atom. The molecule has 1 amide bonds. The van der Waals surface area contributed by atoms with Crippen LogP contribution in [0, 0.1) is 0 Å². The van der Waals surface area contributed by atoms with Gasteiger partial charge in [-0.2, -0.15) is 8.78 Å². The standard InChI is InChI=1S/C7H12F2N2O3/c8-6(9)14-4-5-3-11(7(12)13)2-1-10-5/h5-6,10H,1-4H2,(H,12,13)/t5-/m0/s1. The average molecular weight is 210 g/mol. The molecule has 0 aromatic carbocycles. The maximum absolute atomic E-state index is 11.7.